The lowest BCUT2D eigenvalue weighted by molar-refractivity contribution is 0.189. The van der Waals surface area contributed by atoms with Crippen molar-refractivity contribution in [3.63, 3.8) is 0 Å². The van der Waals surface area contributed by atoms with Crippen LogP contribution in [0.4, 0.5) is 5.69 Å². The first-order valence-electron chi connectivity index (χ1n) is 14.9. The lowest BCUT2D eigenvalue weighted by atomic mass is 9.73. The maximum absolute atomic E-state index is 10.2. The Morgan fingerprint density at radius 2 is 1.45 bits per heavy atom. The zero-order valence-corrected chi connectivity index (χ0v) is 22.7. The largest absolute Gasteiger partial charge is 0.508 e. The summed E-state index contributed by atoms with van der Waals surface area (Å²) in [6.07, 6.45) is 12.6. The van der Waals surface area contributed by atoms with E-state index in [1.165, 1.54) is 110 Å². The number of anilines is 1. The summed E-state index contributed by atoms with van der Waals surface area (Å²) in [5, 5.41) is 13.8. The van der Waals surface area contributed by atoms with Crippen LogP contribution in [0.2, 0.25) is 0 Å². The van der Waals surface area contributed by atoms with Gasteiger partial charge in [-0.2, -0.15) is 0 Å². The van der Waals surface area contributed by atoms with Gasteiger partial charge in [-0.3, -0.25) is 0 Å². The van der Waals surface area contributed by atoms with Crippen molar-refractivity contribution in [3.8, 4) is 5.75 Å². The maximum atomic E-state index is 10.2. The van der Waals surface area contributed by atoms with Crippen LogP contribution in [0.1, 0.15) is 80.0 Å². The molecule has 1 aliphatic carbocycles. The Morgan fingerprint density at radius 1 is 0.684 bits per heavy atom. The molecule has 0 aromatic heterocycles. The minimum atomic E-state index is 0.362. The number of phenolic OH excluding ortho intramolecular Hbond substituents is 1. The number of phenols is 1. The van der Waals surface area contributed by atoms with E-state index in [9.17, 15) is 5.11 Å². The Bertz CT molecular complexity index is 1250. The fourth-order valence-electron chi connectivity index (χ4n) is 7.31. The summed E-state index contributed by atoms with van der Waals surface area (Å²) in [7, 11) is 0. The molecule has 1 spiro atoms. The minimum absolute atomic E-state index is 0.362. The number of rotatable bonds is 3. The third kappa shape index (κ3) is 5.40. The molecule has 38 heavy (non-hydrogen) atoms. The molecule has 6 rings (SSSR count). The quantitative estimate of drug-likeness (QED) is 0.380. The van der Waals surface area contributed by atoms with Crippen molar-refractivity contribution in [2.45, 2.75) is 64.2 Å². The van der Waals surface area contributed by atoms with Gasteiger partial charge in [0.25, 0.3) is 0 Å². The van der Waals surface area contributed by atoms with Crippen LogP contribution in [0.3, 0.4) is 0 Å². The molecule has 2 saturated heterocycles. The predicted molar refractivity (Wildman–Crippen MR) is 160 cm³/mol. The van der Waals surface area contributed by atoms with E-state index in [4.69, 9.17) is 0 Å². The van der Waals surface area contributed by atoms with Gasteiger partial charge in [-0.1, -0.05) is 48.5 Å². The number of aromatic hydroxyl groups is 1. The summed E-state index contributed by atoms with van der Waals surface area (Å²) in [6.45, 7) is 4.72. The van der Waals surface area contributed by atoms with E-state index in [-0.39, 0.29) is 0 Å². The highest BCUT2D eigenvalue weighted by atomic mass is 16.3. The highest BCUT2D eigenvalue weighted by molar-refractivity contribution is 6.00. The van der Waals surface area contributed by atoms with Crippen molar-refractivity contribution < 1.29 is 5.11 Å². The Morgan fingerprint density at radius 3 is 2.24 bits per heavy atom. The Labute approximate surface area is 228 Å². The molecule has 2 N–H and O–H groups in total. The van der Waals surface area contributed by atoms with E-state index in [0.717, 1.165) is 19.3 Å². The molecule has 0 atom stereocenters. The summed E-state index contributed by atoms with van der Waals surface area (Å²) in [6, 6.07) is 26.2. The first-order valence-corrected chi connectivity index (χ1v) is 14.9. The zero-order valence-electron chi connectivity index (χ0n) is 22.7. The number of aryl methyl sites for hydroxylation is 1. The van der Waals surface area contributed by atoms with E-state index in [1.807, 2.05) is 12.1 Å². The van der Waals surface area contributed by atoms with Gasteiger partial charge < -0.3 is 15.3 Å². The Hall–Kier alpha value is -3.04. The fourth-order valence-corrected chi connectivity index (χ4v) is 7.31. The minimum Gasteiger partial charge on any atom is -0.508 e. The standard InChI is InChI=1S/C35H42N2O/c38-31-16-17-33-29(26-31)10-4-11-32(27-8-2-1-3-9-27)34(33)28-12-14-30(15-13-28)37-24-7-20-35(21-25-37)18-5-22-36-23-6-19-35/h1-3,8-9,12-17,26,36,38H,4-7,10-11,18-25H2. The van der Waals surface area contributed by atoms with Gasteiger partial charge >= 0.3 is 0 Å². The lowest BCUT2D eigenvalue weighted by Crippen LogP contribution is -2.30. The number of nitrogens with one attached hydrogen (secondary N) is 1. The second-order valence-corrected chi connectivity index (χ2v) is 11.8. The van der Waals surface area contributed by atoms with Gasteiger partial charge in [0.2, 0.25) is 0 Å². The van der Waals surface area contributed by atoms with Gasteiger partial charge in [0, 0.05) is 18.8 Å². The van der Waals surface area contributed by atoms with Crippen molar-refractivity contribution in [2.75, 3.05) is 31.1 Å². The SMILES string of the molecule is Oc1ccc2c(c1)CCCC(c1ccccc1)=C2c1ccc(N2CCCC3(CCCNCCC3)CC2)cc1. The Kier molecular flexibility index (Phi) is 7.56. The normalized spacial score (nSPS) is 20.3. The summed E-state index contributed by atoms with van der Waals surface area (Å²) in [4.78, 5) is 2.64. The number of hydrogen-bond acceptors (Lipinski definition) is 3. The first-order chi connectivity index (χ1) is 18.7. The number of benzene rings is 3. The molecular formula is C35H42N2O. The molecule has 0 radical (unpaired) electrons. The molecule has 3 heteroatoms. The fraction of sp³-hybridized carbons (Fsp3) is 0.429. The van der Waals surface area contributed by atoms with Crippen molar-refractivity contribution in [1.29, 1.82) is 0 Å². The maximum Gasteiger partial charge on any atom is 0.115 e. The van der Waals surface area contributed by atoms with Crippen LogP contribution >= 0.6 is 0 Å². The van der Waals surface area contributed by atoms with Gasteiger partial charge in [-0.25, -0.2) is 0 Å². The zero-order chi connectivity index (χ0) is 25.8. The van der Waals surface area contributed by atoms with Crippen LogP contribution in [0.15, 0.2) is 72.8 Å². The molecule has 3 aliphatic rings. The summed E-state index contributed by atoms with van der Waals surface area (Å²) >= 11 is 0. The lowest BCUT2D eigenvalue weighted by Gasteiger charge is -2.35. The average Bonchev–Trinajstić information content (AvgIpc) is 3.26. The van der Waals surface area contributed by atoms with Gasteiger partial charge in [0.05, 0.1) is 0 Å². The van der Waals surface area contributed by atoms with Crippen LogP contribution in [0.25, 0.3) is 11.1 Å². The number of allylic oxidation sites excluding steroid dienone is 1. The molecule has 3 aromatic rings. The van der Waals surface area contributed by atoms with Crippen LogP contribution in [0, 0.1) is 5.41 Å². The molecule has 2 aliphatic heterocycles. The summed E-state index contributed by atoms with van der Waals surface area (Å²) in [5.74, 6) is 0.362. The highest BCUT2D eigenvalue weighted by Crippen LogP contribution is 2.43. The molecule has 2 fully saturated rings. The molecule has 198 valence electrons. The number of hydrogen-bond donors (Lipinski definition) is 2. The molecule has 2 heterocycles. The highest BCUT2D eigenvalue weighted by Gasteiger charge is 2.32. The van der Waals surface area contributed by atoms with Gasteiger partial charge in [-0.15, -0.1) is 0 Å². The molecule has 0 saturated carbocycles. The van der Waals surface area contributed by atoms with Gasteiger partial charge in [0.1, 0.15) is 5.75 Å². The van der Waals surface area contributed by atoms with Gasteiger partial charge in [-0.05, 0) is 140 Å². The van der Waals surface area contributed by atoms with E-state index in [0.29, 0.717) is 11.2 Å². The van der Waals surface area contributed by atoms with Gasteiger partial charge in [0.15, 0.2) is 0 Å². The summed E-state index contributed by atoms with van der Waals surface area (Å²) < 4.78 is 0. The van der Waals surface area contributed by atoms with Crippen LogP contribution in [-0.4, -0.2) is 31.3 Å². The van der Waals surface area contributed by atoms with E-state index < -0.39 is 0 Å². The molecule has 0 bridgehead atoms. The predicted octanol–water partition coefficient (Wildman–Crippen LogP) is 7.83. The third-order valence-electron chi connectivity index (χ3n) is 9.34. The van der Waals surface area contributed by atoms with Crippen LogP contribution in [0.5, 0.6) is 5.75 Å². The number of fused-ring (bicyclic) bond motifs is 1. The molecule has 3 nitrogen and oxygen atoms in total. The van der Waals surface area contributed by atoms with Crippen molar-refractivity contribution in [3.05, 3.63) is 95.1 Å². The van der Waals surface area contributed by atoms with E-state index >= 15 is 0 Å². The van der Waals surface area contributed by atoms with Crippen molar-refractivity contribution in [2.24, 2.45) is 5.41 Å². The third-order valence-corrected chi connectivity index (χ3v) is 9.34. The number of nitrogens with zero attached hydrogens (tertiary/aromatic N) is 1. The van der Waals surface area contributed by atoms with Crippen molar-refractivity contribution >= 4 is 16.8 Å². The molecular weight excluding hydrogens is 464 g/mol. The average molecular weight is 507 g/mol. The van der Waals surface area contributed by atoms with Crippen LogP contribution < -0.4 is 10.2 Å². The van der Waals surface area contributed by atoms with E-state index in [1.54, 1.807) is 0 Å². The topological polar surface area (TPSA) is 35.5 Å². The second-order valence-electron chi connectivity index (χ2n) is 11.8. The molecule has 3 aromatic carbocycles. The van der Waals surface area contributed by atoms with Crippen LogP contribution in [-0.2, 0) is 6.42 Å². The molecule has 0 unspecified atom stereocenters. The molecule has 0 amide bonds. The Balaban J connectivity index is 1.30. The first kappa shape index (κ1) is 25.2. The smallest absolute Gasteiger partial charge is 0.115 e. The summed E-state index contributed by atoms with van der Waals surface area (Å²) in [5.41, 5.74) is 9.76. The van der Waals surface area contributed by atoms with E-state index in [2.05, 4.69) is 70.9 Å². The van der Waals surface area contributed by atoms with Crippen molar-refractivity contribution in [1.82, 2.24) is 5.32 Å². The monoisotopic (exact) mass is 506 g/mol. The second kappa shape index (κ2) is 11.4.